The molecule has 1 aliphatic carbocycles. The summed E-state index contributed by atoms with van der Waals surface area (Å²) in [7, 11) is -0.646. The van der Waals surface area contributed by atoms with Gasteiger partial charge in [0.15, 0.2) is 5.66 Å². The van der Waals surface area contributed by atoms with E-state index in [1.165, 1.54) is 0 Å². The molecule has 228 valence electrons. The minimum atomic E-state index is -4.75. The molecule has 1 aromatic heterocycles. The minimum absolute atomic E-state index is 0.0782. The number of nitrogens with one attached hydrogen (secondary N) is 2. The van der Waals surface area contributed by atoms with E-state index in [2.05, 4.69) is 20.6 Å². The molecule has 9 nitrogen and oxygen atoms in total. The normalized spacial score (nSPS) is 19.7. The van der Waals surface area contributed by atoms with Crippen molar-refractivity contribution in [2.75, 3.05) is 17.7 Å². The van der Waals surface area contributed by atoms with Crippen molar-refractivity contribution in [1.29, 1.82) is 0 Å². The second kappa shape index (κ2) is 12.6. The molecule has 5 rings (SSSR count). The van der Waals surface area contributed by atoms with Crippen LogP contribution in [0.1, 0.15) is 77.6 Å². The van der Waals surface area contributed by atoms with Crippen LogP contribution in [0, 0.1) is 0 Å². The summed E-state index contributed by atoms with van der Waals surface area (Å²) in [5, 5.41) is 15.6. The van der Waals surface area contributed by atoms with E-state index in [0.717, 1.165) is 29.5 Å². The van der Waals surface area contributed by atoms with Crippen molar-refractivity contribution in [3.63, 3.8) is 0 Å². The first kappa shape index (κ1) is 30.8. The number of hydrogen-bond donors (Lipinski definition) is 4. The second-order valence-corrected chi connectivity index (χ2v) is 12.5. The fourth-order valence-electron chi connectivity index (χ4n) is 5.83. The van der Waals surface area contributed by atoms with Crippen LogP contribution in [0.4, 0.5) is 36.3 Å². The molecule has 43 heavy (non-hydrogen) atoms. The highest BCUT2D eigenvalue weighted by Gasteiger charge is 2.37. The van der Waals surface area contributed by atoms with E-state index >= 15 is 0 Å². The van der Waals surface area contributed by atoms with Gasteiger partial charge in [0, 0.05) is 31.9 Å². The van der Waals surface area contributed by atoms with E-state index in [4.69, 9.17) is 0 Å². The minimum Gasteiger partial charge on any atom is -0.393 e. The largest absolute Gasteiger partial charge is 0.508 e. The van der Waals surface area contributed by atoms with Gasteiger partial charge in [-0.25, -0.2) is 4.98 Å². The van der Waals surface area contributed by atoms with Crippen LogP contribution in [-0.2, 0) is 23.7 Å². The van der Waals surface area contributed by atoms with Gasteiger partial charge >= 0.3 is 14.2 Å². The van der Waals surface area contributed by atoms with E-state index < -0.39 is 25.6 Å². The van der Waals surface area contributed by atoms with E-state index in [9.17, 15) is 32.5 Å². The Morgan fingerprint density at radius 3 is 2.42 bits per heavy atom. The van der Waals surface area contributed by atoms with Crippen molar-refractivity contribution >= 4 is 37.1 Å². The van der Waals surface area contributed by atoms with E-state index in [-0.39, 0.29) is 35.2 Å². The maximum atomic E-state index is 14.0. The molecular formula is C30H34F3N5O4P+. The summed E-state index contributed by atoms with van der Waals surface area (Å²) in [5.74, 6) is -0.688. The number of nitrogens with zero attached hydrogens (tertiary/aromatic N) is 3. The number of alkyl halides is 3. The first-order chi connectivity index (χ1) is 20.4. The maximum Gasteiger partial charge on any atom is 0.508 e. The average molecular weight is 617 g/mol. The van der Waals surface area contributed by atoms with Gasteiger partial charge in [-0.05, 0) is 77.5 Å². The molecule has 2 aromatic carbocycles. The van der Waals surface area contributed by atoms with Gasteiger partial charge in [0.25, 0.3) is 5.91 Å². The SMILES string of the molecule is CCC(Cc1ccc(Nc2ncc(C(F)(F)F)c(Nc3ccc(C4CCC(O)CC4)c4c3C(=O)N(C)C4)n2)cc1)[P+](=O)O. The second-order valence-electron chi connectivity index (χ2n) is 11.2. The molecule has 2 atom stereocenters. The van der Waals surface area contributed by atoms with Crippen molar-refractivity contribution in [3.8, 4) is 0 Å². The maximum absolute atomic E-state index is 14.0. The Labute approximate surface area is 248 Å². The zero-order chi connectivity index (χ0) is 30.9. The summed E-state index contributed by atoms with van der Waals surface area (Å²) >= 11 is 0. The van der Waals surface area contributed by atoms with E-state index in [1.807, 2.05) is 13.0 Å². The molecule has 1 saturated carbocycles. The first-order valence-electron chi connectivity index (χ1n) is 14.3. The third kappa shape index (κ3) is 6.82. The lowest BCUT2D eigenvalue weighted by Crippen LogP contribution is -2.18. The van der Waals surface area contributed by atoms with Crippen LogP contribution >= 0.6 is 8.03 Å². The zero-order valence-corrected chi connectivity index (χ0v) is 24.8. The molecule has 0 saturated heterocycles. The van der Waals surface area contributed by atoms with Crippen LogP contribution in [0.2, 0.25) is 0 Å². The van der Waals surface area contributed by atoms with Gasteiger partial charge in [0.1, 0.15) is 11.4 Å². The highest BCUT2D eigenvalue weighted by atomic mass is 31.1. The number of benzene rings is 2. The topological polar surface area (TPSA) is 128 Å². The Kier molecular flexibility index (Phi) is 9.01. The molecule has 0 spiro atoms. The van der Waals surface area contributed by atoms with Crippen molar-refractivity contribution in [2.24, 2.45) is 0 Å². The van der Waals surface area contributed by atoms with Crippen molar-refractivity contribution in [2.45, 2.75) is 75.9 Å². The van der Waals surface area contributed by atoms with Crippen molar-refractivity contribution in [3.05, 3.63) is 70.4 Å². The fraction of sp³-hybridized carbons (Fsp3) is 0.433. The Bertz CT molecular complexity index is 1510. The number of rotatable bonds is 9. The van der Waals surface area contributed by atoms with Gasteiger partial charge in [-0.15, -0.1) is 0 Å². The predicted molar refractivity (Wildman–Crippen MR) is 157 cm³/mol. The number of halogens is 3. The number of hydrogen-bond acceptors (Lipinski definition) is 7. The van der Waals surface area contributed by atoms with E-state index in [1.54, 1.807) is 42.3 Å². The standard InChI is InChI=1S/C30H33F3N5O4P/c1-3-21(43(41)42)14-17-4-8-19(9-5-17)35-29-34-15-24(30(31,32)33)27(37-29)36-25-13-12-22(18-6-10-20(39)11-7-18)23-16-38(2)28(40)26(23)25/h4-5,8-9,12-13,15,18,20-21,39H,3,6-7,10-11,14,16H2,1-2H3,(H2-,34,35,36,37,40,41,42)/p+1. The molecule has 2 heterocycles. The summed E-state index contributed by atoms with van der Waals surface area (Å²) < 4.78 is 53.6. The van der Waals surface area contributed by atoms with E-state index in [0.29, 0.717) is 49.7 Å². The highest BCUT2D eigenvalue weighted by Crippen LogP contribution is 2.42. The molecule has 0 radical (unpaired) electrons. The van der Waals surface area contributed by atoms with Gasteiger partial charge in [-0.2, -0.15) is 23.0 Å². The molecule has 3 aromatic rings. The fourth-order valence-corrected chi connectivity index (χ4v) is 6.51. The smallest absolute Gasteiger partial charge is 0.393 e. The zero-order valence-electron chi connectivity index (χ0n) is 23.9. The van der Waals surface area contributed by atoms with Gasteiger partial charge in [0.2, 0.25) is 5.95 Å². The predicted octanol–water partition coefficient (Wildman–Crippen LogP) is 6.64. The molecule has 13 heteroatoms. The summed E-state index contributed by atoms with van der Waals surface area (Å²) in [6.45, 7) is 2.20. The number of aliphatic hydroxyl groups is 1. The summed E-state index contributed by atoms with van der Waals surface area (Å²) in [6, 6.07) is 10.4. The molecule has 1 amide bonds. The monoisotopic (exact) mass is 616 g/mol. The van der Waals surface area contributed by atoms with Crippen LogP contribution in [0.5, 0.6) is 0 Å². The Morgan fingerprint density at radius 2 is 1.79 bits per heavy atom. The summed E-state index contributed by atoms with van der Waals surface area (Å²) in [5.41, 5.74) is 2.28. The van der Waals surface area contributed by atoms with Crippen molar-refractivity contribution in [1.82, 2.24) is 14.9 Å². The average Bonchev–Trinajstić information content (AvgIpc) is 3.26. The number of fused-ring (bicyclic) bond motifs is 1. The van der Waals surface area contributed by atoms with Crippen molar-refractivity contribution < 1.29 is 32.5 Å². The lowest BCUT2D eigenvalue weighted by atomic mass is 9.80. The molecule has 1 fully saturated rings. The van der Waals surface area contributed by atoms with Gasteiger partial charge in [-0.1, -0.05) is 25.1 Å². The molecule has 1 aliphatic heterocycles. The number of anilines is 4. The Balaban J connectivity index is 1.43. The van der Waals surface area contributed by atoms with Gasteiger partial charge in [0.05, 0.1) is 17.4 Å². The molecule has 2 unspecified atom stereocenters. The Hall–Kier alpha value is -3.60. The molecule has 4 N–H and O–H groups in total. The van der Waals surface area contributed by atoms with Crippen LogP contribution in [0.25, 0.3) is 0 Å². The quantitative estimate of drug-likeness (QED) is 0.197. The summed E-state index contributed by atoms with van der Waals surface area (Å²) in [6.07, 6.45) is -0.517. The van der Waals surface area contributed by atoms with Crippen LogP contribution in [0.15, 0.2) is 42.6 Å². The number of aromatic nitrogens is 2. The Morgan fingerprint density at radius 1 is 1.09 bits per heavy atom. The molecular weight excluding hydrogens is 582 g/mol. The van der Waals surface area contributed by atoms with Gasteiger partial charge in [-0.3, -0.25) is 4.79 Å². The summed E-state index contributed by atoms with van der Waals surface area (Å²) in [4.78, 5) is 32.2. The highest BCUT2D eigenvalue weighted by molar-refractivity contribution is 7.38. The van der Waals surface area contributed by atoms with Crippen LogP contribution in [-0.4, -0.2) is 49.6 Å². The van der Waals surface area contributed by atoms with Crippen LogP contribution < -0.4 is 10.6 Å². The first-order valence-corrected chi connectivity index (χ1v) is 15.5. The van der Waals surface area contributed by atoms with Crippen LogP contribution in [0.3, 0.4) is 0 Å². The number of aliphatic hydroxyl groups excluding tert-OH is 1. The number of amides is 1. The third-order valence-electron chi connectivity index (χ3n) is 8.25. The number of carbonyl (C=O) groups excluding carboxylic acids is 1. The van der Waals surface area contributed by atoms with Gasteiger partial charge < -0.3 is 20.6 Å². The lowest BCUT2D eigenvalue weighted by Gasteiger charge is -2.27. The third-order valence-corrected chi connectivity index (χ3v) is 9.43. The lowest BCUT2D eigenvalue weighted by molar-refractivity contribution is -0.137. The molecule has 0 bridgehead atoms. The molecule has 2 aliphatic rings. The number of carbonyl (C=O) groups is 1.